The number of likely N-dealkylation sites (tertiary alicyclic amines) is 1. The van der Waals surface area contributed by atoms with Gasteiger partial charge < -0.3 is 29.1 Å². The molecular formula is C30H31ClN2O6. The molecule has 1 atom stereocenters. The minimum Gasteiger partial charge on any atom is -0.507 e. The summed E-state index contributed by atoms with van der Waals surface area (Å²) in [5, 5.41) is 11.8. The van der Waals surface area contributed by atoms with Crippen molar-refractivity contribution < 1.29 is 28.9 Å². The van der Waals surface area contributed by atoms with Gasteiger partial charge in [-0.05, 0) is 43.4 Å². The normalized spacial score (nSPS) is 16.6. The van der Waals surface area contributed by atoms with Gasteiger partial charge in [-0.25, -0.2) is 0 Å². The Bertz CT molecular complexity index is 1390. The summed E-state index contributed by atoms with van der Waals surface area (Å²) in [4.78, 5) is 30.1. The van der Waals surface area contributed by atoms with E-state index in [2.05, 4.69) is 0 Å². The molecular weight excluding hydrogens is 520 g/mol. The first-order chi connectivity index (χ1) is 18.7. The third-order valence-electron chi connectivity index (χ3n) is 6.48. The number of carbonyl (C=O) groups excluding carboxylic acids is 2. The lowest BCUT2D eigenvalue weighted by Crippen LogP contribution is -2.35. The minimum absolute atomic E-state index is 0.0540. The van der Waals surface area contributed by atoms with Crippen LogP contribution >= 0.6 is 11.6 Å². The van der Waals surface area contributed by atoms with Gasteiger partial charge in [-0.2, -0.15) is 0 Å². The summed E-state index contributed by atoms with van der Waals surface area (Å²) >= 11 is 6.26. The summed E-state index contributed by atoms with van der Waals surface area (Å²) in [6, 6.07) is 19.1. The molecule has 8 nitrogen and oxygen atoms in total. The molecule has 0 aromatic heterocycles. The van der Waals surface area contributed by atoms with E-state index in [0.29, 0.717) is 24.5 Å². The van der Waals surface area contributed by atoms with Crippen molar-refractivity contribution in [2.45, 2.75) is 12.6 Å². The van der Waals surface area contributed by atoms with Crippen LogP contribution in [0.25, 0.3) is 5.76 Å². The van der Waals surface area contributed by atoms with Crippen LogP contribution in [-0.4, -0.2) is 68.0 Å². The number of aliphatic hydroxyl groups is 1. The number of ketones is 1. The molecule has 1 saturated heterocycles. The summed E-state index contributed by atoms with van der Waals surface area (Å²) < 4.78 is 16.8. The van der Waals surface area contributed by atoms with Gasteiger partial charge in [0, 0.05) is 19.2 Å². The van der Waals surface area contributed by atoms with E-state index in [-0.39, 0.29) is 40.0 Å². The highest BCUT2D eigenvalue weighted by molar-refractivity contribution is 6.46. The Hall–Kier alpha value is -4.01. The second-order valence-corrected chi connectivity index (χ2v) is 9.74. The standard InChI is InChI=1S/C30H31ClN2O6/c1-32(2)13-14-33-27(20-11-8-12-21(15-20)39-18-19-9-6-5-7-10-19)26(29(35)30(33)36)28(34)22-16-25(38-4)23(31)17-24(22)37-3/h5-12,15-17,27,34H,13-14,18H2,1-4H3/b28-26+. The van der Waals surface area contributed by atoms with Crippen molar-refractivity contribution in [1.29, 1.82) is 0 Å². The SMILES string of the molecule is COc1cc(/C(O)=C2\C(=O)C(=O)N(CCN(C)C)C2c2cccc(OCc3ccccc3)c2)c(OC)cc1Cl. The van der Waals surface area contributed by atoms with E-state index < -0.39 is 17.7 Å². The average molecular weight is 551 g/mol. The van der Waals surface area contributed by atoms with Crippen molar-refractivity contribution >= 4 is 29.1 Å². The zero-order valence-electron chi connectivity index (χ0n) is 22.3. The number of carbonyl (C=O) groups is 2. The van der Waals surface area contributed by atoms with Gasteiger partial charge in [0.15, 0.2) is 0 Å². The largest absolute Gasteiger partial charge is 0.507 e. The van der Waals surface area contributed by atoms with Crippen LogP contribution in [-0.2, 0) is 16.2 Å². The first kappa shape index (κ1) is 28.0. The first-order valence-electron chi connectivity index (χ1n) is 12.4. The fourth-order valence-electron chi connectivity index (χ4n) is 4.47. The maximum Gasteiger partial charge on any atom is 0.295 e. The number of hydrogen-bond donors (Lipinski definition) is 1. The van der Waals surface area contributed by atoms with Crippen LogP contribution in [0.5, 0.6) is 17.2 Å². The number of aliphatic hydroxyl groups excluding tert-OH is 1. The fraction of sp³-hybridized carbons (Fsp3) is 0.267. The van der Waals surface area contributed by atoms with Crippen LogP contribution in [0.1, 0.15) is 22.7 Å². The lowest BCUT2D eigenvalue weighted by molar-refractivity contribution is -0.140. The van der Waals surface area contributed by atoms with Crippen LogP contribution in [0.15, 0.2) is 72.3 Å². The number of hydrogen-bond acceptors (Lipinski definition) is 7. The third-order valence-corrected chi connectivity index (χ3v) is 6.77. The number of amides is 1. The van der Waals surface area contributed by atoms with Crippen molar-refractivity contribution in [3.63, 3.8) is 0 Å². The second-order valence-electron chi connectivity index (χ2n) is 9.33. The van der Waals surface area contributed by atoms with Crippen LogP contribution in [0.2, 0.25) is 5.02 Å². The van der Waals surface area contributed by atoms with Gasteiger partial charge in [0.25, 0.3) is 11.7 Å². The topological polar surface area (TPSA) is 88.5 Å². The molecule has 9 heteroatoms. The van der Waals surface area contributed by atoms with E-state index >= 15 is 0 Å². The van der Waals surface area contributed by atoms with E-state index in [4.69, 9.17) is 25.8 Å². The van der Waals surface area contributed by atoms with Crippen LogP contribution in [0.3, 0.4) is 0 Å². The smallest absolute Gasteiger partial charge is 0.295 e. The number of ether oxygens (including phenoxy) is 3. The van der Waals surface area contributed by atoms with E-state index in [1.165, 1.54) is 31.3 Å². The van der Waals surface area contributed by atoms with Gasteiger partial charge in [0.1, 0.15) is 29.6 Å². The van der Waals surface area contributed by atoms with E-state index in [1.54, 1.807) is 12.1 Å². The molecule has 0 saturated carbocycles. The Morgan fingerprint density at radius 2 is 1.69 bits per heavy atom. The molecule has 0 spiro atoms. The minimum atomic E-state index is -0.850. The van der Waals surface area contributed by atoms with Crippen LogP contribution in [0, 0.1) is 0 Å². The molecule has 1 aliphatic heterocycles. The predicted octanol–water partition coefficient (Wildman–Crippen LogP) is 4.92. The number of nitrogens with zero attached hydrogens (tertiary/aromatic N) is 2. The highest BCUT2D eigenvalue weighted by Gasteiger charge is 2.46. The van der Waals surface area contributed by atoms with Crippen molar-refractivity contribution in [3.05, 3.63) is 94.0 Å². The van der Waals surface area contributed by atoms with Gasteiger partial charge in [-0.1, -0.05) is 54.1 Å². The van der Waals surface area contributed by atoms with Gasteiger partial charge in [-0.3, -0.25) is 9.59 Å². The summed E-state index contributed by atoms with van der Waals surface area (Å²) in [6.45, 7) is 1.15. The zero-order chi connectivity index (χ0) is 28.1. The van der Waals surface area contributed by atoms with Gasteiger partial charge in [0.05, 0.1) is 36.4 Å². The van der Waals surface area contributed by atoms with Crippen molar-refractivity contribution in [3.8, 4) is 17.2 Å². The monoisotopic (exact) mass is 550 g/mol. The lowest BCUT2D eigenvalue weighted by Gasteiger charge is -2.27. The van der Waals surface area contributed by atoms with Crippen molar-refractivity contribution in [2.75, 3.05) is 41.4 Å². The number of rotatable bonds is 10. The summed E-state index contributed by atoms with van der Waals surface area (Å²) in [7, 11) is 6.64. The highest BCUT2D eigenvalue weighted by atomic mass is 35.5. The number of halogens is 1. The maximum atomic E-state index is 13.4. The predicted molar refractivity (Wildman–Crippen MR) is 149 cm³/mol. The second kappa shape index (κ2) is 12.2. The first-order valence-corrected chi connectivity index (χ1v) is 12.7. The summed E-state index contributed by atoms with van der Waals surface area (Å²) in [6.07, 6.45) is 0. The maximum absolute atomic E-state index is 13.4. The molecule has 39 heavy (non-hydrogen) atoms. The average Bonchev–Trinajstić information content (AvgIpc) is 3.20. The molecule has 3 aromatic carbocycles. The molecule has 0 radical (unpaired) electrons. The Balaban J connectivity index is 1.81. The number of Topliss-reactive ketones (excluding diaryl/α,β-unsaturated/α-hetero) is 1. The number of likely N-dealkylation sites (N-methyl/N-ethyl adjacent to an activating group) is 1. The molecule has 0 bridgehead atoms. The molecule has 4 rings (SSSR count). The van der Waals surface area contributed by atoms with E-state index in [1.807, 2.05) is 61.5 Å². The molecule has 1 fully saturated rings. The quantitative estimate of drug-likeness (QED) is 0.218. The Labute approximate surface area is 233 Å². The Morgan fingerprint density at radius 1 is 0.974 bits per heavy atom. The summed E-state index contributed by atoms with van der Waals surface area (Å²) in [5.74, 6) is -0.777. The molecule has 1 aliphatic rings. The fourth-order valence-corrected chi connectivity index (χ4v) is 4.70. The lowest BCUT2D eigenvalue weighted by atomic mass is 9.94. The van der Waals surface area contributed by atoms with Gasteiger partial charge in [0.2, 0.25) is 0 Å². The molecule has 1 N–H and O–H groups in total. The molecule has 204 valence electrons. The molecule has 0 aliphatic carbocycles. The number of methoxy groups -OCH3 is 2. The zero-order valence-corrected chi connectivity index (χ0v) is 23.1. The van der Waals surface area contributed by atoms with Crippen molar-refractivity contribution in [2.24, 2.45) is 0 Å². The molecule has 3 aromatic rings. The van der Waals surface area contributed by atoms with Gasteiger partial charge >= 0.3 is 0 Å². The Kier molecular flexibility index (Phi) is 8.79. The molecule has 1 unspecified atom stereocenters. The van der Waals surface area contributed by atoms with Crippen LogP contribution < -0.4 is 14.2 Å². The van der Waals surface area contributed by atoms with E-state index in [9.17, 15) is 14.7 Å². The highest BCUT2D eigenvalue weighted by Crippen LogP contribution is 2.43. The summed E-state index contributed by atoms with van der Waals surface area (Å²) in [5.41, 5.74) is 1.76. The van der Waals surface area contributed by atoms with E-state index in [0.717, 1.165) is 5.56 Å². The van der Waals surface area contributed by atoms with Gasteiger partial charge in [-0.15, -0.1) is 0 Å². The molecule has 1 amide bonds. The molecule has 1 heterocycles. The van der Waals surface area contributed by atoms with Crippen LogP contribution in [0.4, 0.5) is 0 Å². The third kappa shape index (κ3) is 6.02. The Morgan fingerprint density at radius 3 is 2.36 bits per heavy atom. The van der Waals surface area contributed by atoms with Crippen molar-refractivity contribution in [1.82, 2.24) is 9.80 Å². The number of benzene rings is 3.